The molecule has 0 aromatic carbocycles. The van der Waals surface area contributed by atoms with Crippen molar-refractivity contribution in [3.05, 3.63) is 10.2 Å². The van der Waals surface area contributed by atoms with E-state index in [1.54, 1.807) is 0 Å². The van der Waals surface area contributed by atoms with Crippen LogP contribution in [0.25, 0.3) is 0 Å². The van der Waals surface area contributed by atoms with Crippen molar-refractivity contribution in [3.63, 3.8) is 0 Å². The van der Waals surface area contributed by atoms with Gasteiger partial charge in [-0.05, 0) is 29.8 Å². The van der Waals surface area contributed by atoms with Crippen LogP contribution in [-0.4, -0.2) is 15.9 Å². The van der Waals surface area contributed by atoms with Gasteiger partial charge in [0.1, 0.15) is 4.47 Å². The highest BCUT2D eigenvalue weighted by atomic mass is 79.9. The van der Waals surface area contributed by atoms with Gasteiger partial charge in [-0.25, -0.2) is 4.68 Å². The molecule has 66 valence electrons. The molecular formula is C8H11BrN2O. The summed E-state index contributed by atoms with van der Waals surface area (Å²) in [5, 5.41) is 4.33. The van der Waals surface area contributed by atoms with Crippen molar-refractivity contribution < 1.29 is 4.74 Å². The monoisotopic (exact) mass is 230 g/mol. The van der Waals surface area contributed by atoms with Gasteiger partial charge in [-0.2, -0.15) is 5.10 Å². The van der Waals surface area contributed by atoms with Crippen LogP contribution in [0.3, 0.4) is 0 Å². The normalized spacial score (nSPS) is 21.8. The molecule has 0 N–H and O–H groups in total. The second-order valence-electron chi connectivity index (χ2n) is 3.14. The van der Waals surface area contributed by atoms with Crippen molar-refractivity contribution in [2.75, 3.05) is 0 Å². The van der Waals surface area contributed by atoms with Gasteiger partial charge in [0.25, 0.3) is 0 Å². The quantitative estimate of drug-likeness (QED) is 0.683. The molecule has 0 aliphatic carbocycles. The number of aryl methyl sites for hydroxylation is 2. The van der Waals surface area contributed by atoms with Crippen molar-refractivity contribution in [1.29, 1.82) is 0 Å². The Morgan fingerprint density at radius 1 is 1.67 bits per heavy atom. The Bertz CT molecular complexity index is 308. The van der Waals surface area contributed by atoms with Gasteiger partial charge in [-0.15, -0.1) is 0 Å². The molecule has 1 aromatic heterocycles. The van der Waals surface area contributed by atoms with E-state index >= 15 is 0 Å². The predicted octanol–water partition coefficient (Wildman–Crippen LogP) is 2.13. The molecule has 0 radical (unpaired) electrons. The molecule has 4 heteroatoms. The second-order valence-corrected chi connectivity index (χ2v) is 3.94. The van der Waals surface area contributed by atoms with E-state index < -0.39 is 0 Å². The van der Waals surface area contributed by atoms with E-state index in [2.05, 4.69) is 28.0 Å². The lowest BCUT2D eigenvalue weighted by Gasteiger charge is -2.21. The number of hydrogen-bond acceptors (Lipinski definition) is 2. The van der Waals surface area contributed by atoms with Crippen LogP contribution in [0.15, 0.2) is 4.47 Å². The SMILES string of the molecule is Cc1nn2c(c1Br)OC(C)CC2. The fraction of sp³-hybridized carbons (Fsp3) is 0.625. The molecule has 0 fully saturated rings. The van der Waals surface area contributed by atoms with Crippen LogP contribution in [0.5, 0.6) is 5.88 Å². The minimum Gasteiger partial charge on any atom is -0.474 e. The van der Waals surface area contributed by atoms with E-state index in [9.17, 15) is 0 Å². The third kappa shape index (κ3) is 1.14. The number of fused-ring (bicyclic) bond motifs is 1. The summed E-state index contributed by atoms with van der Waals surface area (Å²) >= 11 is 3.46. The lowest BCUT2D eigenvalue weighted by molar-refractivity contribution is 0.148. The van der Waals surface area contributed by atoms with E-state index in [0.717, 1.165) is 29.0 Å². The zero-order valence-electron chi connectivity index (χ0n) is 7.17. The van der Waals surface area contributed by atoms with Gasteiger partial charge in [0, 0.05) is 13.0 Å². The Kier molecular flexibility index (Phi) is 1.87. The molecule has 0 bridgehead atoms. The molecule has 0 saturated heterocycles. The minimum absolute atomic E-state index is 0.310. The predicted molar refractivity (Wildman–Crippen MR) is 49.4 cm³/mol. The number of nitrogens with zero attached hydrogens (tertiary/aromatic N) is 2. The minimum atomic E-state index is 0.310. The maximum absolute atomic E-state index is 5.64. The van der Waals surface area contributed by atoms with Crippen LogP contribution in [-0.2, 0) is 6.54 Å². The summed E-state index contributed by atoms with van der Waals surface area (Å²) in [5.74, 6) is 0.881. The largest absolute Gasteiger partial charge is 0.474 e. The highest BCUT2D eigenvalue weighted by molar-refractivity contribution is 9.10. The van der Waals surface area contributed by atoms with Crippen molar-refractivity contribution in [1.82, 2.24) is 9.78 Å². The van der Waals surface area contributed by atoms with E-state index in [0.29, 0.717) is 6.10 Å². The molecule has 1 atom stereocenters. The van der Waals surface area contributed by atoms with E-state index in [-0.39, 0.29) is 0 Å². The number of halogens is 1. The fourth-order valence-electron chi connectivity index (χ4n) is 1.36. The van der Waals surface area contributed by atoms with Crippen LogP contribution in [0.2, 0.25) is 0 Å². The first kappa shape index (κ1) is 8.10. The van der Waals surface area contributed by atoms with E-state index in [1.807, 2.05) is 11.6 Å². The first-order valence-corrected chi connectivity index (χ1v) is 4.87. The molecule has 1 aliphatic rings. The molecule has 1 unspecified atom stereocenters. The van der Waals surface area contributed by atoms with Crippen molar-refractivity contribution in [2.24, 2.45) is 0 Å². The molecule has 0 spiro atoms. The third-order valence-corrected chi connectivity index (χ3v) is 2.98. The van der Waals surface area contributed by atoms with Crippen molar-refractivity contribution >= 4 is 15.9 Å². The molecule has 2 rings (SSSR count). The molecule has 0 saturated carbocycles. The van der Waals surface area contributed by atoms with Crippen LogP contribution in [0.1, 0.15) is 19.0 Å². The molecule has 12 heavy (non-hydrogen) atoms. The average molecular weight is 231 g/mol. The summed E-state index contributed by atoms with van der Waals surface area (Å²) in [4.78, 5) is 0. The Balaban J connectivity index is 2.44. The summed E-state index contributed by atoms with van der Waals surface area (Å²) < 4.78 is 8.55. The van der Waals surface area contributed by atoms with E-state index in [1.165, 1.54) is 0 Å². The zero-order valence-corrected chi connectivity index (χ0v) is 8.76. The zero-order chi connectivity index (χ0) is 8.72. The van der Waals surface area contributed by atoms with Crippen LogP contribution in [0, 0.1) is 6.92 Å². The van der Waals surface area contributed by atoms with Crippen molar-refractivity contribution in [3.8, 4) is 5.88 Å². The summed E-state index contributed by atoms with van der Waals surface area (Å²) in [6.07, 6.45) is 1.35. The topological polar surface area (TPSA) is 27.1 Å². The summed E-state index contributed by atoms with van der Waals surface area (Å²) in [6.45, 7) is 5.02. The number of ether oxygens (including phenoxy) is 1. The van der Waals surface area contributed by atoms with Crippen LogP contribution >= 0.6 is 15.9 Å². The highest BCUT2D eigenvalue weighted by Gasteiger charge is 2.21. The summed E-state index contributed by atoms with van der Waals surface area (Å²) in [5.41, 5.74) is 0.999. The standard InChI is InChI=1S/C8H11BrN2O/c1-5-3-4-11-8(12-5)7(9)6(2)10-11/h5H,3-4H2,1-2H3. The van der Waals surface area contributed by atoms with Crippen LogP contribution in [0.4, 0.5) is 0 Å². The van der Waals surface area contributed by atoms with Crippen molar-refractivity contribution in [2.45, 2.75) is 32.9 Å². The first-order chi connectivity index (χ1) is 5.68. The number of aromatic nitrogens is 2. The molecule has 1 aromatic rings. The smallest absolute Gasteiger partial charge is 0.227 e. The maximum Gasteiger partial charge on any atom is 0.227 e. The summed E-state index contributed by atoms with van der Waals surface area (Å²) in [7, 11) is 0. The van der Waals surface area contributed by atoms with Gasteiger partial charge in [-0.1, -0.05) is 0 Å². The molecule has 2 heterocycles. The lowest BCUT2D eigenvalue weighted by atomic mass is 10.2. The van der Waals surface area contributed by atoms with Gasteiger partial charge < -0.3 is 4.74 Å². The van der Waals surface area contributed by atoms with Gasteiger partial charge in [-0.3, -0.25) is 0 Å². The van der Waals surface area contributed by atoms with Gasteiger partial charge in [0.2, 0.25) is 5.88 Å². The Labute approximate surface area is 79.8 Å². The fourth-order valence-corrected chi connectivity index (χ4v) is 1.73. The average Bonchev–Trinajstić information content (AvgIpc) is 2.31. The second kappa shape index (κ2) is 2.76. The van der Waals surface area contributed by atoms with Gasteiger partial charge in [0.05, 0.1) is 11.8 Å². The first-order valence-electron chi connectivity index (χ1n) is 4.08. The highest BCUT2D eigenvalue weighted by Crippen LogP contribution is 2.32. The Hall–Kier alpha value is -0.510. The Morgan fingerprint density at radius 3 is 3.17 bits per heavy atom. The maximum atomic E-state index is 5.64. The van der Waals surface area contributed by atoms with E-state index in [4.69, 9.17) is 4.74 Å². The summed E-state index contributed by atoms with van der Waals surface area (Å²) in [6, 6.07) is 0. The molecule has 3 nitrogen and oxygen atoms in total. The Morgan fingerprint density at radius 2 is 2.42 bits per heavy atom. The molecule has 1 aliphatic heterocycles. The number of rotatable bonds is 0. The molecule has 0 amide bonds. The van der Waals surface area contributed by atoms with Gasteiger partial charge in [0.15, 0.2) is 0 Å². The van der Waals surface area contributed by atoms with Gasteiger partial charge >= 0.3 is 0 Å². The van der Waals surface area contributed by atoms with Crippen LogP contribution < -0.4 is 4.74 Å². The molecular weight excluding hydrogens is 220 g/mol. The third-order valence-electron chi connectivity index (χ3n) is 2.07. The lowest BCUT2D eigenvalue weighted by Crippen LogP contribution is -2.23. The number of hydrogen-bond donors (Lipinski definition) is 0.